The van der Waals surface area contributed by atoms with E-state index in [1.807, 2.05) is 119 Å². The van der Waals surface area contributed by atoms with E-state index in [0.717, 1.165) is 117 Å². The Labute approximate surface area is 566 Å². The van der Waals surface area contributed by atoms with E-state index in [0.29, 0.717) is 78.9 Å². The van der Waals surface area contributed by atoms with Gasteiger partial charge in [0.25, 0.3) is 20.1 Å². The van der Waals surface area contributed by atoms with Crippen LogP contribution in [0.1, 0.15) is 5.56 Å². The largest absolute Gasteiger partial charge is 0.452 e. The summed E-state index contributed by atoms with van der Waals surface area (Å²) in [6.07, 6.45) is 0. The molecule has 100 heavy (non-hydrogen) atoms. The quantitative estimate of drug-likeness (QED) is 0.129. The van der Waals surface area contributed by atoms with Gasteiger partial charge in [0.05, 0.1) is 34.1 Å². The van der Waals surface area contributed by atoms with Crippen molar-refractivity contribution in [2.24, 2.45) is 0 Å². The van der Waals surface area contributed by atoms with Gasteiger partial charge in [0, 0.05) is 86.2 Å². The molecule has 7 heterocycles. The van der Waals surface area contributed by atoms with Crippen LogP contribution in [0.3, 0.4) is 0 Å². The zero-order chi connectivity index (χ0) is 66.7. The summed E-state index contributed by atoms with van der Waals surface area (Å²) in [5, 5.41) is 7.00. The molecule has 470 valence electrons. The highest BCUT2D eigenvalue weighted by atomic mass is 19.2. The maximum absolute atomic E-state index is 16.8. The van der Waals surface area contributed by atoms with Gasteiger partial charge in [-0.2, -0.15) is 0 Å². The van der Waals surface area contributed by atoms with Crippen LogP contribution in [0.25, 0.3) is 43.1 Å². The molecule has 0 saturated heterocycles. The van der Waals surface area contributed by atoms with Crippen LogP contribution in [0, 0.1) is 53.5 Å². The number of hydrogen-bond donors (Lipinski definition) is 0. The lowest BCUT2D eigenvalue weighted by Gasteiger charge is -2.53. The molecule has 0 unspecified atom stereocenters. The fourth-order valence-corrected chi connectivity index (χ4v) is 18.0. The molecular formula is C83H42B3F8N5O. The Bertz CT molecular complexity index is 6310. The fraction of sp³-hybridized carbons (Fsp3) is 0.0120. The molecule has 0 bridgehead atoms. The van der Waals surface area contributed by atoms with Gasteiger partial charge in [0.2, 0.25) is 0 Å². The lowest BCUT2D eigenvalue weighted by atomic mass is 9.27. The zero-order valence-corrected chi connectivity index (χ0v) is 52.4. The predicted molar refractivity (Wildman–Crippen MR) is 388 cm³/mol. The van der Waals surface area contributed by atoms with Gasteiger partial charge in [-0.05, 0) is 179 Å². The zero-order valence-electron chi connectivity index (χ0n) is 52.4. The van der Waals surface area contributed by atoms with Gasteiger partial charge in [-0.25, -0.2) is 35.1 Å². The summed E-state index contributed by atoms with van der Waals surface area (Å²) in [4.78, 5) is 9.74. The number of hydrogen-bond acceptors (Lipinski definition) is 6. The molecule has 0 radical (unpaired) electrons. The van der Waals surface area contributed by atoms with Crippen LogP contribution in [-0.4, -0.2) is 20.1 Å². The third-order valence-electron chi connectivity index (χ3n) is 21.5. The first-order valence-electron chi connectivity index (χ1n) is 33.0. The Morgan fingerprint density at radius 2 is 0.540 bits per heavy atom. The minimum atomic E-state index is -0.870. The predicted octanol–water partition coefficient (Wildman–Crippen LogP) is 16.6. The molecular weight excluding hydrogens is 1270 g/mol. The first-order chi connectivity index (χ1) is 48.7. The van der Waals surface area contributed by atoms with Crippen LogP contribution >= 0.6 is 0 Å². The summed E-state index contributed by atoms with van der Waals surface area (Å²) in [7, 11) is 0. The molecule has 7 aliphatic rings. The van der Waals surface area contributed by atoms with Gasteiger partial charge in [0.1, 0.15) is 46.5 Å². The maximum atomic E-state index is 16.8. The molecule has 0 amide bonds. The van der Waals surface area contributed by atoms with E-state index >= 15 is 35.1 Å². The number of rotatable bonds is 4. The molecule has 0 N–H and O–H groups in total. The van der Waals surface area contributed by atoms with Crippen LogP contribution in [0.2, 0.25) is 0 Å². The van der Waals surface area contributed by atoms with E-state index in [1.54, 1.807) is 4.90 Å². The van der Waals surface area contributed by atoms with Crippen LogP contribution in [0.15, 0.2) is 237 Å². The summed E-state index contributed by atoms with van der Waals surface area (Å²) in [5.74, 6) is -5.46. The first-order valence-corrected chi connectivity index (χ1v) is 33.0. The number of nitrogens with zero attached hydrogens (tertiary/aromatic N) is 5. The van der Waals surface area contributed by atoms with Gasteiger partial charge < -0.3 is 29.2 Å². The third kappa shape index (κ3) is 7.44. The van der Waals surface area contributed by atoms with Crippen molar-refractivity contribution in [3.63, 3.8) is 0 Å². The highest BCUT2D eigenvalue weighted by Crippen LogP contribution is 2.60. The lowest BCUT2D eigenvalue weighted by Crippen LogP contribution is -2.69. The van der Waals surface area contributed by atoms with E-state index in [1.165, 1.54) is 48.5 Å². The van der Waals surface area contributed by atoms with Crippen LogP contribution in [0.4, 0.5) is 120 Å². The molecule has 0 fully saturated rings. The molecule has 15 aromatic rings. The molecule has 22 rings (SSSR count). The molecule has 15 aromatic carbocycles. The lowest BCUT2D eigenvalue weighted by molar-refractivity contribution is 0.489. The van der Waals surface area contributed by atoms with E-state index in [4.69, 9.17) is 4.74 Å². The van der Waals surface area contributed by atoms with Gasteiger partial charge in [-0.3, -0.25) is 0 Å². The van der Waals surface area contributed by atoms with Crippen LogP contribution in [0.5, 0.6) is 11.5 Å². The number of benzene rings is 15. The number of halogens is 8. The summed E-state index contributed by atoms with van der Waals surface area (Å²) < 4.78 is 139. The van der Waals surface area contributed by atoms with Crippen molar-refractivity contribution in [1.29, 1.82) is 0 Å². The van der Waals surface area contributed by atoms with Crippen molar-refractivity contribution in [2.45, 2.75) is 6.92 Å². The smallest absolute Gasteiger partial charge is 0.252 e. The number of aryl methyl sites for hydroxylation is 1. The average molecular weight is 1310 g/mol. The second-order valence-corrected chi connectivity index (χ2v) is 27.1. The molecule has 0 saturated carbocycles. The maximum Gasteiger partial charge on any atom is 0.252 e. The van der Waals surface area contributed by atoms with E-state index in [-0.39, 0.29) is 22.7 Å². The molecule has 0 aromatic heterocycles. The Kier molecular flexibility index (Phi) is 10.9. The van der Waals surface area contributed by atoms with Crippen molar-refractivity contribution in [1.82, 2.24) is 0 Å². The Morgan fingerprint density at radius 3 is 0.920 bits per heavy atom. The standard InChI is InChI=1S/C83H42B3F8N5O/c1-41-18-72-76-73(19-41)97(58-34-52(91)28-53(92)35-58)70-39-71-65(38-64(70)84(76)62-20-42-10-2-4-12-44(42)24-68(62)95(72)56-30-48(87)26-49(88)31-56)86-67-23-47-15-7-9-17-61(47)83-80(67)99-79-66(22-46-14-6-8-16-60(46)82(79)100-83)85-63-21-43-11-3-5-13-45(43)25-69(63)96(57-32-50(89)27-51(90)33-57)74-40-75(78(86)81(99)77(74)85)98(71)59-36-54(93)29-55(94)37-59/h2-40H,1H3. The first kappa shape index (κ1) is 55.9. The molecule has 17 heteroatoms. The average Bonchev–Trinajstić information content (AvgIpc) is 0.655. The van der Waals surface area contributed by atoms with Crippen molar-refractivity contribution in [3.05, 3.63) is 289 Å². The fourth-order valence-electron chi connectivity index (χ4n) is 18.0. The van der Waals surface area contributed by atoms with Crippen molar-refractivity contribution in [2.75, 3.05) is 24.5 Å². The van der Waals surface area contributed by atoms with Crippen LogP contribution < -0.4 is 78.4 Å². The summed E-state index contributed by atoms with van der Waals surface area (Å²) >= 11 is 0. The highest BCUT2D eigenvalue weighted by molar-refractivity contribution is 7.06. The SMILES string of the molecule is Cc1cc2c3c(c1)N(c1cc(F)cc(F)c1)c1cc4ccccc4cc1B3c1cc3c(cc1N2c1cc(F)cc(F)c1)N(c1cc(F)cc(F)c1)c1cc2c4c5c1B3c1cc3ccccc3c3c1N5c1c(cc5ccccc5c1O3)B4c1cc3ccccc3cc1N2c1cc(F)cc(F)c1. The second kappa shape index (κ2) is 19.5. The number of ether oxygens (including phenoxy) is 1. The minimum absolute atomic E-state index is 0.0858. The Hall–Kier alpha value is -12.2. The topological polar surface area (TPSA) is 25.4 Å². The van der Waals surface area contributed by atoms with E-state index in [9.17, 15) is 0 Å². The van der Waals surface area contributed by atoms with Gasteiger partial charge in [-0.1, -0.05) is 127 Å². The second-order valence-electron chi connectivity index (χ2n) is 27.1. The Balaban J connectivity index is 0.927. The third-order valence-corrected chi connectivity index (χ3v) is 21.5. The normalized spacial score (nSPS) is 14.2. The summed E-state index contributed by atoms with van der Waals surface area (Å²) in [6.45, 7) is -0.180. The molecule has 7 aliphatic heterocycles. The van der Waals surface area contributed by atoms with Crippen LogP contribution in [-0.2, 0) is 0 Å². The van der Waals surface area contributed by atoms with E-state index < -0.39 is 66.7 Å². The minimum Gasteiger partial charge on any atom is -0.452 e. The number of anilines is 15. The monoisotopic (exact) mass is 1310 g/mol. The number of fused-ring (bicyclic) bond motifs is 16. The van der Waals surface area contributed by atoms with Gasteiger partial charge >= 0.3 is 0 Å². The van der Waals surface area contributed by atoms with Crippen molar-refractivity contribution >= 4 is 198 Å². The molecule has 0 atom stereocenters. The van der Waals surface area contributed by atoms with Crippen molar-refractivity contribution in [3.8, 4) is 11.5 Å². The molecule has 6 nitrogen and oxygen atoms in total. The van der Waals surface area contributed by atoms with Gasteiger partial charge in [-0.15, -0.1) is 0 Å². The molecule has 0 spiro atoms. The highest BCUT2D eigenvalue weighted by Gasteiger charge is 2.56. The summed E-state index contributed by atoms with van der Waals surface area (Å²) in [5.41, 5.74) is 14.7. The van der Waals surface area contributed by atoms with Crippen molar-refractivity contribution < 1.29 is 39.9 Å². The van der Waals surface area contributed by atoms with E-state index in [2.05, 4.69) is 71.6 Å². The molecule has 0 aliphatic carbocycles. The Morgan fingerprint density at radius 1 is 0.250 bits per heavy atom. The van der Waals surface area contributed by atoms with Gasteiger partial charge in [0.15, 0.2) is 11.5 Å². The summed E-state index contributed by atoms with van der Waals surface area (Å²) in [6, 6.07) is 68.4.